The number of carbonyl (C=O) groups is 1. The van der Waals surface area contributed by atoms with Gasteiger partial charge in [0.05, 0.1) is 10.9 Å². The lowest BCUT2D eigenvalue weighted by Gasteiger charge is -2.05. The standard InChI is InChI=1S/C5H4N4O2S2/c6-4(10)8-9-1-2-3(13-12-2)7-5(9)11/h1H,(H3,6,8,10). The summed E-state index contributed by atoms with van der Waals surface area (Å²) >= 11 is 0. The molecule has 0 aliphatic heterocycles. The van der Waals surface area contributed by atoms with Gasteiger partial charge in [0.15, 0.2) is 4.83 Å². The van der Waals surface area contributed by atoms with Gasteiger partial charge in [-0.3, -0.25) is 0 Å². The highest BCUT2D eigenvalue weighted by atomic mass is 32.9. The number of aromatic nitrogens is 2. The molecule has 0 fully saturated rings. The van der Waals surface area contributed by atoms with E-state index in [0.29, 0.717) is 4.83 Å². The largest absolute Gasteiger partial charge is 0.367 e. The topological polar surface area (TPSA) is 90.0 Å². The number of hydrogen-bond donors (Lipinski definition) is 2. The maximum absolute atomic E-state index is 11.1. The van der Waals surface area contributed by atoms with Crippen LogP contribution in [0.5, 0.6) is 0 Å². The molecule has 0 radical (unpaired) electrons. The van der Waals surface area contributed by atoms with Gasteiger partial charge in [-0.1, -0.05) is 20.7 Å². The Morgan fingerprint density at radius 3 is 2.92 bits per heavy atom. The number of nitrogens with one attached hydrogen (secondary N) is 1. The Bertz CT molecular complexity index is 510. The summed E-state index contributed by atoms with van der Waals surface area (Å²) in [7, 11) is 2.90. The van der Waals surface area contributed by atoms with Gasteiger partial charge in [0.25, 0.3) is 0 Å². The number of nitrogens with two attached hydrogens (primary N) is 1. The fourth-order valence-electron chi connectivity index (χ4n) is 0.790. The molecule has 0 bridgehead atoms. The predicted molar refractivity (Wildman–Crippen MR) is 50.7 cm³/mol. The molecule has 6 nitrogen and oxygen atoms in total. The Morgan fingerprint density at radius 2 is 2.38 bits per heavy atom. The highest BCUT2D eigenvalue weighted by Gasteiger charge is 2.06. The second-order valence-corrected chi connectivity index (χ2v) is 4.37. The molecule has 2 rings (SSSR count). The van der Waals surface area contributed by atoms with Crippen molar-refractivity contribution in [2.75, 3.05) is 5.43 Å². The molecule has 68 valence electrons. The van der Waals surface area contributed by atoms with Crippen LogP contribution in [0.25, 0.3) is 9.53 Å². The molecule has 3 N–H and O–H groups in total. The van der Waals surface area contributed by atoms with Crippen molar-refractivity contribution < 1.29 is 4.79 Å². The van der Waals surface area contributed by atoms with Crippen LogP contribution < -0.4 is 16.8 Å². The van der Waals surface area contributed by atoms with Crippen molar-refractivity contribution >= 4 is 36.2 Å². The van der Waals surface area contributed by atoms with Crippen LogP contribution in [0.1, 0.15) is 0 Å². The van der Waals surface area contributed by atoms with Gasteiger partial charge in [0.2, 0.25) is 0 Å². The number of amides is 2. The van der Waals surface area contributed by atoms with Crippen LogP contribution in [0.2, 0.25) is 0 Å². The highest BCUT2D eigenvalue weighted by molar-refractivity contribution is 7.78. The van der Waals surface area contributed by atoms with E-state index < -0.39 is 11.7 Å². The van der Waals surface area contributed by atoms with E-state index in [1.807, 2.05) is 0 Å². The number of nitrogens with zero attached hydrogens (tertiary/aromatic N) is 2. The van der Waals surface area contributed by atoms with E-state index in [1.54, 1.807) is 0 Å². The van der Waals surface area contributed by atoms with Gasteiger partial charge in [-0.2, -0.15) is 4.98 Å². The van der Waals surface area contributed by atoms with E-state index in [4.69, 9.17) is 5.73 Å². The van der Waals surface area contributed by atoms with E-state index in [9.17, 15) is 9.59 Å². The maximum atomic E-state index is 11.1. The second kappa shape index (κ2) is 2.82. The first-order valence-electron chi connectivity index (χ1n) is 3.21. The lowest BCUT2D eigenvalue weighted by molar-refractivity contribution is 0.256. The zero-order valence-electron chi connectivity index (χ0n) is 6.18. The van der Waals surface area contributed by atoms with Gasteiger partial charge < -0.3 is 5.73 Å². The molecule has 2 heterocycles. The third-order valence-electron chi connectivity index (χ3n) is 1.30. The Kier molecular flexibility index (Phi) is 1.78. The first kappa shape index (κ1) is 8.20. The maximum Gasteiger partial charge on any atom is 0.367 e. The summed E-state index contributed by atoms with van der Waals surface area (Å²) in [5.41, 5.74) is 6.45. The molecule has 13 heavy (non-hydrogen) atoms. The number of carbonyl (C=O) groups excluding carboxylic acids is 1. The van der Waals surface area contributed by atoms with E-state index in [2.05, 4.69) is 10.4 Å². The molecule has 0 aromatic carbocycles. The quantitative estimate of drug-likeness (QED) is 0.664. The lowest BCUT2D eigenvalue weighted by atomic mass is 10.7. The van der Waals surface area contributed by atoms with Gasteiger partial charge in [0, 0.05) is 0 Å². The number of fused-ring (bicyclic) bond motifs is 1. The van der Waals surface area contributed by atoms with Crippen molar-refractivity contribution in [1.82, 2.24) is 9.66 Å². The fourth-order valence-corrected chi connectivity index (χ4v) is 2.41. The minimum Gasteiger partial charge on any atom is -0.350 e. The van der Waals surface area contributed by atoms with Crippen LogP contribution in [0, 0.1) is 0 Å². The normalized spacial score (nSPS) is 10.5. The molecular formula is C5H4N4O2S2. The van der Waals surface area contributed by atoms with Gasteiger partial charge in [-0.05, 0) is 0 Å². The van der Waals surface area contributed by atoms with Crippen LogP contribution >= 0.6 is 20.7 Å². The molecule has 0 atom stereocenters. The molecular weight excluding hydrogens is 212 g/mol. The van der Waals surface area contributed by atoms with Crippen molar-refractivity contribution in [1.29, 1.82) is 0 Å². The molecule has 0 aliphatic rings. The van der Waals surface area contributed by atoms with Crippen LogP contribution in [0.4, 0.5) is 4.79 Å². The fraction of sp³-hybridized carbons (Fsp3) is 0. The summed E-state index contributed by atoms with van der Waals surface area (Å²) in [6, 6.07) is -0.791. The van der Waals surface area contributed by atoms with Crippen molar-refractivity contribution in [2.24, 2.45) is 5.73 Å². The summed E-state index contributed by atoms with van der Waals surface area (Å²) in [4.78, 5) is 26.0. The minimum absolute atomic E-state index is 0.537. The minimum atomic E-state index is -0.791. The van der Waals surface area contributed by atoms with Gasteiger partial charge in [-0.15, -0.1) is 0 Å². The number of primary amides is 1. The smallest absolute Gasteiger partial charge is 0.350 e. The summed E-state index contributed by atoms with van der Waals surface area (Å²) in [6.07, 6.45) is 1.50. The Hall–Kier alpha value is -1.41. The number of rotatable bonds is 1. The molecule has 0 saturated heterocycles. The summed E-state index contributed by atoms with van der Waals surface area (Å²) in [5, 5.41) is 0. The molecule has 0 saturated carbocycles. The molecule has 0 spiro atoms. The third kappa shape index (κ3) is 1.40. The van der Waals surface area contributed by atoms with Crippen molar-refractivity contribution in [3.8, 4) is 0 Å². The Morgan fingerprint density at radius 1 is 1.62 bits per heavy atom. The van der Waals surface area contributed by atoms with Gasteiger partial charge in [-0.25, -0.2) is 19.7 Å². The molecule has 2 aromatic rings. The predicted octanol–water partition coefficient (Wildman–Crippen LogP) is 0.142. The number of urea groups is 1. The van der Waals surface area contributed by atoms with Crippen molar-refractivity contribution in [2.45, 2.75) is 0 Å². The highest BCUT2D eigenvalue weighted by Crippen LogP contribution is 2.27. The first-order valence-corrected chi connectivity index (χ1v) is 5.36. The zero-order chi connectivity index (χ0) is 9.42. The number of hydrogen-bond acceptors (Lipinski definition) is 5. The molecule has 2 amide bonds. The Balaban J connectivity index is 2.50. The van der Waals surface area contributed by atoms with Gasteiger partial charge >= 0.3 is 11.7 Å². The molecule has 8 heteroatoms. The summed E-state index contributed by atoms with van der Waals surface area (Å²) in [6.45, 7) is 0. The van der Waals surface area contributed by atoms with E-state index in [0.717, 1.165) is 9.38 Å². The average Bonchev–Trinajstić information content (AvgIpc) is 2.02. The molecule has 0 unspecified atom stereocenters. The summed E-state index contributed by atoms with van der Waals surface area (Å²) in [5.74, 6) is 0. The van der Waals surface area contributed by atoms with Crippen LogP contribution in [0.15, 0.2) is 11.0 Å². The van der Waals surface area contributed by atoms with Crippen molar-refractivity contribution in [3.05, 3.63) is 16.7 Å². The molecule has 0 aliphatic carbocycles. The second-order valence-electron chi connectivity index (χ2n) is 2.21. The first-order chi connectivity index (χ1) is 6.16. The van der Waals surface area contributed by atoms with Crippen LogP contribution in [-0.2, 0) is 0 Å². The van der Waals surface area contributed by atoms with Crippen molar-refractivity contribution in [3.63, 3.8) is 0 Å². The lowest BCUT2D eigenvalue weighted by Crippen LogP contribution is -2.36. The monoisotopic (exact) mass is 216 g/mol. The van der Waals surface area contributed by atoms with E-state index >= 15 is 0 Å². The third-order valence-corrected chi connectivity index (χ3v) is 3.72. The summed E-state index contributed by atoms with van der Waals surface area (Å²) < 4.78 is 1.83. The molecule has 2 aromatic heterocycles. The average molecular weight is 216 g/mol. The Labute approximate surface area is 79.0 Å². The van der Waals surface area contributed by atoms with Crippen LogP contribution in [-0.4, -0.2) is 15.7 Å². The van der Waals surface area contributed by atoms with E-state index in [-0.39, 0.29) is 0 Å². The van der Waals surface area contributed by atoms with Gasteiger partial charge in [0.1, 0.15) is 0 Å². The van der Waals surface area contributed by atoms with E-state index in [1.165, 1.54) is 26.9 Å². The zero-order valence-corrected chi connectivity index (χ0v) is 7.82. The van der Waals surface area contributed by atoms with Crippen LogP contribution in [0.3, 0.4) is 0 Å². The SMILES string of the molecule is NC(=O)Nn1cc2ssc2nc1=O.